The molecule has 2 atom stereocenters. The van der Waals surface area contributed by atoms with Gasteiger partial charge in [0.25, 0.3) is 0 Å². The fourth-order valence-corrected chi connectivity index (χ4v) is 2.71. The Hall–Kier alpha value is -1.05. The van der Waals surface area contributed by atoms with E-state index in [1.165, 1.54) is 11.1 Å². The van der Waals surface area contributed by atoms with Gasteiger partial charge >= 0.3 is 5.97 Å². The van der Waals surface area contributed by atoms with Crippen LogP contribution in [0.5, 0.6) is 0 Å². The van der Waals surface area contributed by atoms with Crippen LogP contribution in [0.25, 0.3) is 0 Å². The number of allylic oxidation sites excluding steroid dienone is 3. The predicted octanol–water partition coefficient (Wildman–Crippen LogP) is 4.12. The molecule has 0 aliphatic heterocycles. The number of carbonyl (C=O) groups is 1. The highest BCUT2D eigenvalue weighted by Crippen LogP contribution is 2.47. The zero-order valence-corrected chi connectivity index (χ0v) is 12.4. The molecule has 0 spiro atoms. The van der Waals surface area contributed by atoms with Crippen molar-refractivity contribution in [3.05, 3.63) is 23.8 Å². The predicted molar refractivity (Wildman–Crippen MR) is 75.2 cm³/mol. The molecule has 1 aliphatic rings. The first-order chi connectivity index (χ1) is 8.30. The Balaban J connectivity index is 2.60. The van der Waals surface area contributed by atoms with Gasteiger partial charge in [-0.25, -0.2) is 0 Å². The van der Waals surface area contributed by atoms with Crippen molar-refractivity contribution >= 4 is 5.97 Å². The first kappa shape index (κ1) is 15.0. The lowest BCUT2D eigenvalue weighted by molar-refractivity contribution is -0.147. The van der Waals surface area contributed by atoms with E-state index >= 15 is 0 Å². The first-order valence-corrected chi connectivity index (χ1v) is 6.82. The maximum absolute atomic E-state index is 11.6. The van der Waals surface area contributed by atoms with Gasteiger partial charge < -0.3 is 4.74 Å². The average molecular weight is 250 g/mol. The van der Waals surface area contributed by atoms with E-state index in [1.807, 2.05) is 13.8 Å². The van der Waals surface area contributed by atoms with Crippen molar-refractivity contribution in [2.45, 2.75) is 47.5 Å². The first-order valence-electron chi connectivity index (χ1n) is 6.82. The second kappa shape index (κ2) is 5.73. The second-order valence-corrected chi connectivity index (χ2v) is 5.91. The third kappa shape index (κ3) is 3.04. The Morgan fingerprint density at radius 1 is 1.61 bits per heavy atom. The van der Waals surface area contributed by atoms with Gasteiger partial charge in [0, 0.05) is 0 Å². The summed E-state index contributed by atoms with van der Waals surface area (Å²) >= 11 is 0. The molecule has 0 fully saturated rings. The van der Waals surface area contributed by atoms with Crippen LogP contribution in [-0.2, 0) is 9.53 Å². The van der Waals surface area contributed by atoms with Crippen molar-refractivity contribution in [3.8, 4) is 0 Å². The molecule has 0 bridgehead atoms. The van der Waals surface area contributed by atoms with Gasteiger partial charge in [0.2, 0.25) is 0 Å². The van der Waals surface area contributed by atoms with Crippen LogP contribution >= 0.6 is 0 Å². The maximum atomic E-state index is 11.6. The van der Waals surface area contributed by atoms with Gasteiger partial charge in [-0.15, -0.1) is 0 Å². The summed E-state index contributed by atoms with van der Waals surface area (Å²) in [4.78, 5) is 11.6. The minimum atomic E-state index is -0.112. The molecule has 0 aromatic rings. The monoisotopic (exact) mass is 250 g/mol. The molecule has 0 heterocycles. The van der Waals surface area contributed by atoms with E-state index in [0.717, 1.165) is 12.8 Å². The molecular weight excluding hydrogens is 224 g/mol. The van der Waals surface area contributed by atoms with Crippen molar-refractivity contribution in [2.24, 2.45) is 17.3 Å². The fraction of sp³-hybridized carbons (Fsp3) is 0.688. The molecule has 0 aromatic carbocycles. The Morgan fingerprint density at radius 3 is 2.67 bits per heavy atom. The molecule has 2 nitrogen and oxygen atoms in total. The molecule has 1 unspecified atom stereocenters. The number of esters is 1. The van der Waals surface area contributed by atoms with Crippen LogP contribution in [0.2, 0.25) is 0 Å². The maximum Gasteiger partial charge on any atom is 0.308 e. The molecule has 0 saturated carbocycles. The van der Waals surface area contributed by atoms with Crippen molar-refractivity contribution in [2.75, 3.05) is 6.61 Å². The quantitative estimate of drug-likeness (QED) is 0.542. The summed E-state index contributed by atoms with van der Waals surface area (Å²) in [5.41, 5.74) is 2.77. The summed E-state index contributed by atoms with van der Waals surface area (Å²) in [5, 5.41) is 0. The van der Waals surface area contributed by atoms with Gasteiger partial charge in [0.1, 0.15) is 0 Å². The van der Waals surface area contributed by atoms with Crippen LogP contribution in [0, 0.1) is 17.3 Å². The Kier molecular flexibility index (Phi) is 4.78. The zero-order valence-electron chi connectivity index (χ0n) is 12.4. The van der Waals surface area contributed by atoms with Crippen LogP contribution in [0.15, 0.2) is 23.8 Å². The highest BCUT2D eigenvalue weighted by Gasteiger charge is 2.37. The zero-order chi connectivity index (χ0) is 13.9. The molecule has 0 radical (unpaired) electrons. The summed E-state index contributed by atoms with van der Waals surface area (Å²) < 4.78 is 5.05. The van der Waals surface area contributed by atoms with Gasteiger partial charge in [-0.1, -0.05) is 44.6 Å². The van der Waals surface area contributed by atoms with Crippen LogP contribution < -0.4 is 0 Å². The summed E-state index contributed by atoms with van der Waals surface area (Å²) in [6.07, 6.45) is 4.08. The van der Waals surface area contributed by atoms with Crippen LogP contribution in [0.3, 0.4) is 0 Å². The molecule has 1 aliphatic carbocycles. The van der Waals surface area contributed by atoms with Crippen molar-refractivity contribution < 1.29 is 9.53 Å². The standard InChI is InChI=1S/C16H26O2/c1-7-18-15(17)12(3)10-11(2)14-9-8-13(4)16(14,5)6/h8,12,14H,2,7,9-10H2,1,3-6H3/t12?,14-/m0/s1. The number of hydrogen-bond acceptors (Lipinski definition) is 2. The smallest absolute Gasteiger partial charge is 0.308 e. The highest BCUT2D eigenvalue weighted by atomic mass is 16.5. The molecule has 1 rings (SSSR count). The summed E-state index contributed by atoms with van der Waals surface area (Å²) in [5.74, 6) is 0.252. The molecule has 2 heteroatoms. The normalized spacial score (nSPS) is 23.4. The van der Waals surface area contributed by atoms with Crippen LogP contribution in [-0.4, -0.2) is 12.6 Å². The lowest BCUT2D eigenvalue weighted by atomic mass is 9.73. The lowest BCUT2D eigenvalue weighted by Crippen LogP contribution is -2.24. The van der Waals surface area contributed by atoms with Gasteiger partial charge in [-0.3, -0.25) is 4.79 Å². The van der Waals surface area contributed by atoms with Crippen LogP contribution in [0.1, 0.15) is 47.5 Å². The topological polar surface area (TPSA) is 26.3 Å². The molecular formula is C16H26O2. The van der Waals surface area contributed by atoms with Crippen LogP contribution in [0.4, 0.5) is 0 Å². The second-order valence-electron chi connectivity index (χ2n) is 5.91. The Labute approximate surface area is 111 Å². The molecule has 0 saturated heterocycles. The van der Waals surface area contributed by atoms with E-state index < -0.39 is 0 Å². The van der Waals surface area contributed by atoms with E-state index in [0.29, 0.717) is 12.5 Å². The van der Waals surface area contributed by atoms with Gasteiger partial charge in [0.15, 0.2) is 0 Å². The molecule has 0 N–H and O–H groups in total. The number of rotatable bonds is 5. The minimum absolute atomic E-state index is 0.0887. The van der Waals surface area contributed by atoms with Crippen molar-refractivity contribution in [1.29, 1.82) is 0 Å². The van der Waals surface area contributed by atoms with E-state index in [9.17, 15) is 4.79 Å². The molecule has 0 aromatic heterocycles. The Bertz CT molecular complexity index is 363. The molecule has 18 heavy (non-hydrogen) atoms. The number of hydrogen-bond donors (Lipinski definition) is 0. The third-order valence-electron chi connectivity index (χ3n) is 4.30. The SMILES string of the molecule is C=C(CC(C)C(=O)OCC)[C@@H]1CC=C(C)C1(C)C. The number of carbonyl (C=O) groups excluding carboxylic acids is 1. The summed E-state index contributed by atoms with van der Waals surface area (Å²) in [7, 11) is 0. The van der Waals surface area contributed by atoms with E-state index in [1.54, 1.807) is 0 Å². The summed E-state index contributed by atoms with van der Waals surface area (Å²) in [6.45, 7) is 15.1. The molecule has 0 amide bonds. The van der Waals surface area contributed by atoms with Crippen molar-refractivity contribution in [1.82, 2.24) is 0 Å². The largest absolute Gasteiger partial charge is 0.466 e. The van der Waals surface area contributed by atoms with E-state index in [-0.39, 0.29) is 17.3 Å². The van der Waals surface area contributed by atoms with E-state index in [4.69, 9.17) is 4.74 Å². The number of ether oxygens (including phenoxy) is 1. The fourth-order valence-electron chi connectivity index (χ4n) is 2.71. The highest BCUT2D eigenvalue weighted by molar-refractivity contribution is 5.72. The average Bonchev–Trinajstić information content (AvgIpc) is 2.54. The molecule has 102 valence electrons. The van der Waals surface area contributed by atoms with Gasteiger partial charge in [-0.2, -0.15) is 0 Å². The van der Waals surface area contributed by atoms with E-state index in [2.05, 4.69) is 33.4 Å². The van der Waals surface area contributed by atoms with Gasteiger partial charge in [-0.05, 0) is 38.0 Å². The van der Waals surface area contributed by atoms with Gasteiger partial charge in [0.05, 0.1) is 12.5 Å². The summed E-state index contributed by atoms with van der Waals surface area (Å²) in [6, 6.07) is 0. The minimum Gasteiger partial charge on any atom is -0.466 e. The van der Waals surface area contributed by atoms with Crippen molar-refractivity contribution in [3.63, 3.8) is 0 Å². The lowest BCUT2D eigenvalue weighted by Gasteiger charge is -2.32. The Morgan fingerprint density at radius 2 is 2.22 bits per heavy atom. The third-order valence-corrected chi connectivity index (χ3v) is 4.30.